The summed E-state index contributed by atoms with van der Waals surface area (Å²) in [5.41, 5.74) is 4.79. The van der Waals surface area contributed by atoms with Gasteiger partial charge in [0.25, 0.3) is 0 Å². The highest BCUT2D eigenvalue weighted by molar-refractivity contribution is 5.59. The highest BCUT2D eigenvalue weighted by atomic mass is 14.6. The molecule has 0 radical (unpaired) electrons. The number of aliphatic imine (C=N–C) groups is 1. The molecule has 0 aliphatic carbocycles. The highest BCUT2D eigenvalue weighted by Crippen LogP contribution is 2.30. The van der Waals surface area contributed by atoms with Gasteiger partial charge in [0.2, 0.25) is 0 Å². The maximum atomic E-state index is 4.08. The van der Waals surface area contributed by atoms with Gasteiger partial charge in [-0.2, -0.15) is 0 Å². The summed E-state index contributed by atoms with van der Waals surface area (Å²) in [6, 6.07) is 0. The molecule has 2 unspecified atom stereocenters. The second-order valence-corrected chi connectivity index (χ2v) is 5.96. The van der Waals surface area contributed by atoms with Crippen molar-refractivity contribution in [1.29, 1.82) is 0 Å². The molecular formula is C15H27N. The summed E-state index contributed by atoms with van der Waals surface area (Å²) < 4.78 is 0. The third kappa shape index (κ3) is 6.63. The minimum absolute atomic E-state index is 0.316. The van der Waals surface area contributed by atoms with Crippen LogP contribution in [-0.2, 0) is 0 Å². The lowest BCUT2D eigenvalue weighted by molar-refractivity contribution is 0.382. The van der Waals surface area contributed by atoms with Gasteiger partial charge in [-0.05, 0) is 35.7 Å². The van der Waals surface area contributed by atoms with E-state index in [0.29, 0.717) is 17.3 Å². The van der Waals surface area contributed by atoms with E-state index in [-0.39, 0.29) is 0 Å². The van der Waals surface area contributed by atoms with Crippen LogP contribution in [0.25, 0.3) is 0 Å². The van der Waals surface area contributed by atoms with Crippen molar-refractivity contribution in [3.8, 4) is 0 Å². The van der Waals surface area contributed by atoms with Gasteiger partial charge in [-0.15, -0.1) is 5.73 Å². The van der Waals surface area contributed by atoms with E-state index in [9.17, 15) is 0 Å². The Balaban J connectivity index is 4.45. The quantitative estimate of drug-likeness (QED) is 0.479. The Kier molecular flexibility index (Phi) is 6.36. The smallest absolute Gasteiger partial charge is 0.0273 e. The SMILES string of the molecule is C=C=C(CC(C)(C)C)C(C)CC(C)C=NC. The zero-order valence-corrected chi connectivity index (χ0v) is 11.8. The molecule has 0 saturated heterocycles. The zero-order chi connectivity index (χ0) is 12.8. The molecule has 0 aliphatic rings. The van der Waals surface area contributed by atoms with E-state index in [1.807, 2.05) is 13.3 Å². The van der Waals surface area contributed by atoms with Crippen molar-refractivity contribution in [2.45, 2.75) is 47.5 Å². The second-order valence-electron chi connectivity index (χ2n) is 5.96. The molecule has 0 aromatic carbocycles. The van der Waals surface area contributed by atoms with E-state index in [1.54, 1.807) is 0 Å². The van der Waals surface area contributed by atoms with Crippen molar-refractivity contribution in [3.63, 3.8) is 0 Å². The van der Waals surface area contributed by atoms with E-state index in [2.05, 4.69) is 51.9 Å². The molecule has 0 fully saturated rings. The number of hydrogen-bond acceptors (Lipinski definition) is 1. The van der Waals surface area contributed by atoms with Crippen molar-refractivity contribution >= 4 is 6.21 Å². The molecule has 0 saturated carbocycles. The molecule has 0 bridgehead atoms. The molecule has 92 valence electrons. The van der Waals surface area contributed by atoms with Gasteiger partial charge in [0, 0.05) is 13.3 Å². The van der Waals surface area contributed by atoms with Crippen molar-refractivity contribution < 1.29 is 0 Å². The van der Waals surface area contributed by atoms with Gasteiger partial charge < -0.3 is 4.99 Å². The third-order valence-corrected chi connectivity index (χ3v) is 2.67. The molecule has 2 atom stereocenters. The summed E-state index contributed by atoms with van der Waals surface area (Å²) in [6.45, 7) is 15.1. The van der Waals surface area contributed by atoms with Crippen LogP contribution in [0.1, 0.15) is 47.5 Å². The summed E-state index contributed by atoms with van der Waals surface area (Å²) in [5.74, 6) is 1.08. The van der Waals surface area contributed by atoms with Gasteiger partial charge in [0.15, 0.2) is 0 Å². The average molecular weight is 221 g/mol. The lowest BCUT2D eigenvalue weighted by atomic mass is 9.81. The Morgan fingerprint density at radius 2 is 1.94 bits per heavy atom. The number of allylic oxidation sites excluding steroid dienone is 1. The first kappa shape index (κ1) is 15.2. The largest absolute Gasteiger partial charge is 0.301 e. The van der Waals surface area contributed by atoms with E-state index in [1.165, 1.54) is 5.57 Å². The van der Waals surface area contributed by atoms with Crippen LogP contribution >= 0.6 is 0 Å². The van der Waals surface area contributed by atoms with Gasteiger partial charge in [-0.1, -0.05) is 41.2 Å². The van der Waals surface area contributed by atoms with Crippen LogP contribution in [0.5, 0.6) is 0 Å². The molecular weight excluding hydrogens is 194 g/mol. The Labute approximate surface area is 101 Å². The fraction of sp³-hybridized carbons (Fsp3) is 0.733. The predicted octanol–water partition coefficient (Wildman–Crippen LogP) is 4.50. The maximum absolute atomic E-state index is 4.08. The van der Waals surface area contributed by atoms with Crippen LogP contribution in [0, 0.1) is 17.3 Å². The van der Waals surface area contributed by atoms with Gasteiger partial charge in [0.05, 0.1) is 0 Å². The fourth-order valence-electron chi connectivity index (χ4n) is 2.00. The van der Waals surface area contributed by atoms with Crippen LogP contribution in [0.4, 0.5) is 0 Å². The number of rotatable bonds is 5. The van der Waals surface area contributed by atoms with E-state index < -0.39 is 0 Å². The van der Waals surface area contributed by atoms with Crippen LogP contribution in [0.3, 0.4) is 0 Å². The number of nitrogens with zero attached hydrogens (tertiary/aromatic N) is 1. The van der Waals surface area contributed by atoms with E-state index in [0.717, 1.165) is 12.8 Å². The maximum Gasteiger partial charge on any atom is 0.0273 e. The Bertz CT molecular complexity index is 274. The first-order valence-corrected chi connectivity index (χ1v) is 6.11. The van der Waals surface area contributed by atoms with Crippen molar-refractivity contribution in [3.05, 3.63) is 17.9 Å². The molecule has 0 rings (SSSR count). The molecule has 0 amide bonds. The Hall–Kier alpha value is -0.810. The third-order valence-electron chi connectivity index (χ3n) is 2.67. The van der Waals surface area contributed by atoms with Crippen molar-refractivity contribution in [2.24, 2.45) is 22.2 Å². The lowest BCUT2D eigenvalue weighted by Gasteiger charge is -2.24. The molecule has 0 aromatic heterocycles. The minimum atomic E-state index is 0.316. The standard InChI is InChI=1S/C15H27N/c1-8-14(10-15(4,5)6)13(3)9-12(2)11-16-7/h11-13H,1,9-10H2,2-7H3. The van der Waals surface area contributed by atoms with Crippen LogP contribution < -0.4 is 0 Å². The molecule has 0 heterocycles. The zero-order valence-electron chi connectivity index (χ0n) is 11.8. The number of hydrogen-bond donors (Lipinski definition) is 0. The van der Waals surface area contributed by atoms with Crippen molar-refractivity contribution in [1.82, 2.24) is 0 Å². The van der Waals surface area contributed by atoms with Gasteiger partial charge in [0.1, 0.15) is 0 Å². The molecule has 0 spiro atoms. The van der Waals surface area contributed by atoms with Gasteiger partial charge in [-0.3, -0.25) is 0 Å². The van der Waals surface area contributed by atoms with E-state index in [4.69, 9.17) is 0 Å². The summed E-state index contributed by atoms with van der Waals surface area (Å²) in [5, 5.41) is 0. The normalized spacial score (nSPS) is 15.9. The average Bonchev–Trinajstić information content (AvgIpc) is 2.12. The minimum Gasteiger partial charge on any atom is -0.301 e. The first-order chi connectivity index (χ1) is 7.30. The van der Waals surface area contributed by atoms with Crippen LogP contribution in [0.15, 0.2) is 22.9 Å². The van der Waals surface area contributed by atoms with Crippen LogP contribution in [0.2, 0.25) is 0 Å². The predicted molar refractivity (Wildman–Crippen MR) is 74.1 cm³/mol. The monoisotopic (exact) mass is 221 g/mol. The summed E-state index contributed by atoms with van der Waals surface area (Å²) in [4.78, 5) is 4.08. The summed E-state index contributed by atoms with van der Waals surface area (Å²) in [7, 11) is 1.83. The molecule has 0 N–H and O–H groups in total. The molecule has 1 heteroatoms. The Morgan fingerprint density at radius 3 is 2.31 bits per heavy atom. The van der Waals surface area contributed by atoms with Crippen LogP contribution in [-0.4, -0.2) is 13.3 Å². The lowest BCUT2D eigenvalue weighted by Crippen LogP contribution is -2.13. The fourth-order valence-corrected chi connectivity index (χ4v) is 2.00. The molecule has 1 nitrogen and oxygen atoms in total. The first-order valence-electron chi connectivity index (χ1n) is 6.11. The van der Waals surface area contributed by atoms with Gasteiger partial charge in [-0.25, -0.2) is 0 Å². The van der Waals surface area contributed by atoms with Crippen molar-refractivity contribution in [2.75, 3.05) is 7.05 Å². The molecule has 0 aromatic rings. The Morgan fingerprint density at radius 1 is 1.38 bits per heavy atom. The topological polar surface area (TPSA) is 12.4 Å². The highest BCUT2D eigenvalue weighted by Gasteiger charge is 2.18. The summed E-state index contributed by atoms with van der Waals surface area (Å²) in [6.07, 6.45) is 4.23. The van der Waals surface area contributed by atoms with E-state index >= 15 is 0 Å². The molecule has 0 aliphatic heterocycles. The van der Waals surface area contributed by atoms with Gasteiger partial charge >= 0.3 is 0 Å². The summed E-state index contributed by atoms with van der Waals surface area (Å²) >= 11 is 0. The second kappa shape index (κ2) is 6.70. The molecule has 16 heavy (non-hydrogen) atoms.